The summed E-state index contributed by atoms with van der Waals surface area (Å²) < 4.78 is 5.84. The molecule has 2 aromatic carbocycles. The number of rotatable bonds is 13. The molecule has 208 valence electrons. The van der Waals surface area contributed by atoms with E-state index >= 15 is 0 Å². The molecule has 3 atom stereocenters. The average molecular weight is 554 g/mol. The lowest BCUT2D eigenvalue weighted by atomic mass is 9.99. The average Bonchev–Trinajstić information content (AvgIpc) is 3.31. The van der Waals surface area contributed by atoms with Crippen molar-refractivity contribution in [3.8, 4) is 0 Å². The highest BCUT2D eigenvalue weighted by Crippen LogP contribution is 2.24. The number of amides is 3. The van der Waals surface area contributed by atoms with Gasteiger partial charge in [0.15, 0.2) is 0 Å². The zero-order valence-corrected chi connectivity index (χ0v) is 23.1. The van der Waals surface area contributed by atoms with E-state index in [0.29, 0.717) is 48.7 Å². The van der Waals surface area contributed by atoms with Crippen LogP contribution in [0.25, 0.3) is 0 Å². The quantitative estimate of drug-likeness (QED) is 0.242. The SMILES string of the molecule is CC(C)CC/C(=C/C(=O)N[C@H](C=O)C[C@@H]1CCNC1=O)NC(=O)OC(Cc1cccc(Cl)c1)c1ccccc1. The molecule has 1 heterocycles. The Morgan fingerprint density at radius 2 is 1.92 bits per heavy atom. The second-order valence-electron chi connectivity index (χ2n) is 10.1. The van der Waals surface area contributed by atoms with Gasteiger partial charge in [-0.25, -0.2) is 4.79 Å². The lowest BCUT2D eigenvalue weighted by Crippen LogP contribution is -2.38. The van der Waals surface area contributed by atoms with Crippen LogP contribution in [0.1, 0.15) is 56.8 Å². The van der Waals surface area contributed by atoms with Gasteiger partial charge in [-0.3, -0.25) is 14.9 Å². The molecular formula is C30H36ClN3O5. The van der Waals surface area contributed by atoms with Crippen LogP contribution in [0.5, 0.6) is 0 Å². The van der Waals surface area contributed by atoms with Crippen molar-refractivity contribution in [2.24, 2.45) is 11.8 Å². The van der Waals surface area contributed by atoms with Crippen LogP contribution in [0, 0.1) is 11.8 Å². The van der Waals surface area contributed by atoms with Crippen LogP contribution >= 0.6 is 11.6 Å². The fourth-order valence-electron chi connectivity index (χ4n) is 4.39. The standard InChI is InChI=1S/C30H36ClN3O5/c1-20(2)11-12-25(18-28(36)33-26(19-35)17-23-13-14-32-29(23)37)34-30(38)39-27(22-8-4-3-5-9-22)16-21-7-6-10-24(31)15-21/h3-10,15,18-20,23,26-27H,11-14,16-17H2,1-2H3,(H,32,37)(H,33,36)(H,34,38)/b25-18-/t23-,26-,27?/m0/s1. The first-order chi connectivity index (χ1) is 18.7. The Labute approximate surface area is 234 Å². The molecule has 3 N–H and O–H groups in total. The van der Waals surface area contributed by atoms with Crippen molar-refractivity contribution in [1.82, 2.24) is 16.0 Å². The van der Waals surface area contributed by atoms with Crippen molar-refractivity contribution < 1.29 is 23.9 Å². The van der Waals surface area contributed by atoms with E-state index in [4.69, 9.17) is 16.3 Å². The van der Waals surface area contributed by atoms with Crippen molar-refractivity contribution in [2.75, 3.05) is 6.54 Å². The topological polar surface area (TPSA) is 114 Å². The first kappa shape index (κ1) is 29.9. The van der Waals surface area contributed by atoms with Gasteiger partial charge >= 0.3 is 6.09 Å². The van der Waals surface area contributed by atoms with Crippen molar-refractivity contribution in [1.29, 1.82) is 0 Å². The van der Waals surface area contributed by atoms with Crippen molar-refractivity contribution in [3.63, 3.8) is 0 Å². The zero-order chi connectivity index (χ0) is 28.2. The number of ether oxygens (including phenoxy) is 1. The van der Waals surface area contributed by atoms with Gasteiger partial charge in [-0.15, -0.1) is 0 Å². The Bertz CT molecular complexity index is 1170. The van der Waals surface area contributed by atoms with E-state index < -0.39 is 24.1 Å². The molecule has 1 aliphatic rings. The minimum Gasteiger partial charge on any atom is -0.441 e. The number of aldehydes is 1. The van der Waals surface area contributed by atoms with Gasteiger partial charge in [0, 0.05) is 35.7 Å². The second-order valence-corrected chi connectivity index (χ2v) is 10.6. The summed E-state index contributed by atoms with van der Waals surface area (Å²) >= 11 is 6.15. The van der Waals surface area contributed by atoms with Gasteiger partial charge in [0.05, 0.1) is 6.04 Å². The number of carbonyl (C=O) groups is 4. The van der Waals surface area contributed by atoms with Gasteiger partial charge in [0.1, 0.15) is 12.4 Å². The molecule has 8 nitrogen and oxygen atoms in total. The number of benzene rings is 2. The number of alkyl carbamates (subject to hydrolysis) is 1. The fourth-order valence-corrected chi connectivity index (χ4v) is 4.60. The van der Waals surface area contributed by atoms with E-state index in [2.05, 4.69) is 16.0 Å². The summed E-state index contributed by atoms with van der Waals surface area (Å²) in [7, 11) is 0. The number of halogens is 1. The molecule has 9 heteroatoms. The van der Waals surface area contributed by atoms with Gasteiger partial charge < -0.3 is 20.2 Å². The van der Waals surface area contributed by atoms with Crippen LogP contribution in [0.15, 0.2) is 66.4 Å². The maximum absolute atomic E-state index is 13.0. The molecule has 1 fully saturated rings. The first-order valence-corrected chi connectivity index (χ1v) is 13.6. The Balaban J connectivity index is 1.70. The number of hydrogen-bond acceptors (Lipinski definition) is 5. The maximum Gasteiger partial charge on any atom is 0.411 e. The molecule has 0 bridgehead atoms. The molecule has 39 heavy (non-hydrogen) atoms. The zero-order valence-electron chi connectivity index (χ0n) is 22.3. The second kappa shape index (κ2) is 15.1. The van der Waals surface area contributed by atoms with Crippen LogP contribution in [0.3, 0.4) is 0 Å². The lowest BCUT2D eigenvalue weighted by Gasteiger charge is -2.20. The van der Waals surface area contributed by atoms with Crippen molar-refractivity contribution >= 4 is 35.8 Å². The number of carbonyl (C=O) groups excluding carboxylic acids is 4. The fraction of sp³-hybridized carbons (Fsp3) is 0.400. The number of hydrogen-bond donors (Lipinski definition) is 3. The minimum atomic E-state index is -0.805. The highest BCUT2D eigenvalue weighted by molar-refractivity contribution is 6.30. The molecule has 3 amide bonds. The normalized spacial score (nSPS) is 16.8. The van der Waals surface area contributed by atoms with Crippen LogP contribution in [-0.4, -0.2) is 36.8 Å². The van der Waals surface area contributed by atoms with Gasteiger partial charge in [-0.2, -0.15) is 0 Å². The predicted molar refractivity (Wildman–Crippen MR) is 150 cm³/mol. The monoisotopic (exact) mass is 553 g/mol. The molecule has 1 aliphatic heterocycles. The molecule has 0 spiro atoms. The van der Waals surface area contributed by atoms with Gasteiger partial charge in [-0.05, 0) is 54.9 Å². The Kier molecular flexibility index (Phi) is 11.6. The lowest BCUT2D eigenvalue weighted by molar-refractivity contribution is -0.124. The highest BCUT2D eigenvalue weighted by Gasteiger charge is 2.27. The highest BCUT2D eigenvalue weighted by atomic mass is 35.5. The Morgan fingerprint density at radius 3 is 2.56 bits per heavy atom. The Morgan fingerprint density at radius 1 is 1.15 bits per heavy atom. The summed E-state index contributed by atoms with van der Waals surface area (Å²) in [6, 6.07) is 16.0. The Hall–Kier alpha value is -3.65. The number of nitrogens with one attached hydrogen (secondary N) is 3. The van der Waals surface area contributed by atoms with Crippen LogP contribution in [0.4, 0.5) is 4.79 Å². The summed E-state index contributed by atoms with van der Waals surface area (Å²) in [5, 5.41) is 8.70. The third-order valence-corrected chi connectivity index (χ3v) is 6.72. The van der Waals surface area contributed by atoms with Gasteiger partial charge in [0.25, 0.3) is 0 Å². The van der Waals surface area contributed by atoms with E-state index in [1.54, 1.807) is 6.07 Å². The summed E-state index contributed by atoms with van der Waals surface area (Å²) in [5.41, 5.74) is 2.11. The molecule has 0 saturated carbocycles. The van der Waals surface area contributed by atoms with E-state index in [1.807, 2.05) is 62.4 Å². The largest absolute Gasteiger partial charge is 0.441 e. The van der Waals surface area contributed by atoms with Crippen LogP contribution in [-0.2, 0) is 25.5 Å². The summed E-state index contributed by atoms with van der Waals surface area (Å²) in [4.78, 5) is 49.2. The molecule has 2 aromatic rings. The summed E-state index contributed by atoms with van der Waals surface area (Å²) in [6.07, 6.45) is 3.07. The van der Waals surface area contributed by atoms with Gasteiger partial charge in [0.2, 0.25) is 11.8 Å². The molecule has 0 aromatic heterocycles. The molecule has 0 aliphatic carbocycles. The van der Waals surface area contributed by atoms with Crippen molar-refractivity contribution in [2.45, 2.75) is 58.1 Å². The predicted octanol–water partition coefficient (Wildman–Crippen LogP) is 4.88. The van der Waals surface area contributed by atoms with Crippen LogP contribution < -0.4 is 16.0 Å². The molecule has 1 saturated heterocycles. The third kappa shape index (κ3) is 10.2. The molecular weight excluding hydrogens is 518 g/mol. The third-order valence-electron chi connectivity index (χ3n) is 6.48. The van der Waals surface area contributed by atoms with Crippen molar-refractivity contribution in [3.05, 3.63) is 82.5 Å². The maximum atomic E-state index is 13.0. The number of allylic oxidation sites excluding steroid dienone is 1. The van der Waals surface area contributed by atoms with E-state index in [0.717, 1.165) is 17.5 Å². The van der Waals surface area contributed by atoms with Gasteiger partial charge in [-0.1, -0.05) is 67.9 Å². The van der Waals surface area contributed by atoms with E-state index in [9.17, 15) is 19.2 Å². The summed E-state index contributed by atoms with van der Waals surface area (Å²) in [5.74, 6) is -0.618. The smallest absolute Gasteiger partial charge is 0.411 e. The molecule has 1 unspecified atom stereocenters. The first-order valence-electron chi connectivity index (χ1n) is 13.2. The minimum absolute atomic E-state index is 0.112. The molecule has 3 rings (SSSR count). The molecule has 0 radical (unpaired) electrons. The van der Waals surface area contributed by atoms with E-state index in [1.165, 1.54) is 6.08 Å². The summed E-state index contributed by atoms with van der Waals surface area (Å²) in [6.45, 7) is 4.65. The van der Waals surface area contributed by atoms with Crippen LogP contribution in [0.2, 0.25) is 5.02 Å². The van der Waals surface area contributed by atoms with E-state index in [-0.39, 0.29) is 18.2 Å².